The van der Waals surface area contributed by atoms with Crippen LogP contribution in [-0.2, 0) is 35.1 Å². The Labute approximate surface area is 386 Å². The lowest BCUT2D eigenvalue weighted by atomic mass is 10.0. The summed E-state index contributed by atoms with van der Waals surface area (Å²) < 4.78 is 19.4. The molecular formula is C52H97N5O6. The molecule has 2 atom stereocenters. The minimum absolute atomic E-state index is 0.0350. The molecule has 11 heteroatoms. The summed E-state index contributed by atoms with van der Waals surface area (Å²) in [4.78, 5) is 43.0. The highest BCUT2D eigenvalue weighted by atomic mass is 16.5. The average molecular weight is 888 g/mol. The van der Waals surface area contributed by atoms with E-state index in [4.69, 9.17) is 14.2 Å². The molecule has 11 nitrogen and oxygen atoms in total. The van der Waals surface area contributed by atoms with Crippen LogP contribution in [0, 0.1) is 0 Å². The van der Waals surface area contributed by atoms with Gasteiger partial charge in [0.05, 0.1) is 31.1 Å². The van der Waals surface area contributed by atoms with E-state index in [-0.39, 0.29) is 36.1 Å². The number of ether oxygens (including phenoxy) is 3. The largest absolute Gasteiger partial charge is 0.466 e. The molecule has 0 unspecified atom stereocenters. The molecule has 63 heavy (non-hydrogen) atoms. The molecule has 0 spiro atoms. The quantitative estimate of drug-likeness (QED) is 0.0356. The van der Waals surface area contributed by atoms with Crippen molar-refractivity contribution in [2.45, 2.75) is 264 Å². The van der Waals surface area contributed by atoms with Crippen molar-refractivity contribution < 1.29 is 28.6 Å². The Balaban J connectivity index is 1.69. The van der Waals surface area contributed by atoms with Gasteiger partial charge in [-0.05, 0) is 84.8 Å². The molecule has 1 fully saturated rings. The Morgan fingerprint density at radius 3 is 1.65 bits per heavy atom. The number of esters is 3. The van der Waals surface area contributed by atoms with E-state index in [2.05, 4.69) is 40.9 Å². The Bertz CT molecular complexity index is 1240. The third-order valence-corrected chi connectivity index (χ3v) is 12.7. The van der Waals surface area contributed by atoms with Crippen LogP contribution < -0.4 is 0 Å². The number of likely N-dealkylation sites (tertiary alicyclic amines) is 1. The highest BCUT2D eigenvalue weighted by molar-refractivity contribution is 5.76. The van der Waals surface area contributed by atoms with Gasteiger partial charge in [0.2, 0.25) is 0 Å². The van der Waals surface area contributed by atoms with Gasteiger partial charge in [-0.25, -0.2) is 4.68 Å². The van der Waals surface area contributed by atoms with Crippen molar-refractivity contribution in [1.29, 1.82) is 0 Å². The van der Waals surface area contributed by atoms with E-state index in [0.717, 1.165) is 102 Å². The number of hydrogen-bond acceptors (Lipinski definition) is 10. The second kappa shape index (κ2) is 38.7. The summed E-state index contributed by atoms with van der Waals surface area (Å²) in [5, 5.41) is 8.80. The molecule has 0 radical (unpaired) electrons. The van der Waals surface area contributed by atoms with Crippen molar-refractivity contribution in [3.63, 3.8) is 0 Å². The normalized spacial score (nSPS) is 15.5. The van der Waals surface area contributed by atoms with Crippen LogP contribution in [0.15, 0.2) is 6.20 Å². The summed E-state index contributed by atoms with van der Waals surface area (Å²) in [6.45, 7) is 9.89. The molecule has 1 saturated heterocycles. The Morgan fingerprint density at radius 2 is 1.10 bits per heavy atom. The lowest BCUT2D eigenvalue weighted by Crippen LogP contribution is -2.38. The number of unbranched alkanes of at least 4 members (excludes halogenated alkanes) is 24. The molecule has 1 aromatic heterocycles. The molecule has 0 aromatic carbocycles. The van der Waals surface area contributed by atoms with Crippen LogP contribution in [0.25, 0.3) is 0 Å². The molecule has 2 heterocycles. The van der Waals surface area contributed by atoms with Crippen LogP contribution in [0.2, 0.25) is 0 Å². The molecule has 0 N–H and O–H groups in total. The minimum Gasteiger partial charge on any atom is -0.466 e. The number of nitrogens with zero attached hydrogens (tertiary/aromatic N) is 5. The van der Waals surface area contributed by atoms with Crippen LogP contribution >= 0.6 is 0 Å². The predicted octanol–water partition coefficient (Wildman–Crippen LogP) is 12.9. The molecule has 0 amide bonds. The third kappa shape index (κ3) is 29.6. The first-order valence-electron chi connectivity index (χ1n) is 26.6. The van der Waals surface area contributed by atoms with Crippen LogP contribution in [0.1, 0.15) is 251 Å². The molecule has 2 rings (SSSR count). The SMILES string of the molecule is CCCCCCCCCCCOC(=O)CCCCCN1C[C@@H](n2cc(CN(C)C)nn2)C[C@H]1C(=O)OCCCCCCCC(=O)OC(CCCCCCCC)CCCCCCCC. The molecule has 366 valence electrons. The van der Waals surface area contributed by atoms with Gasteiger partial charge in [0.15, 0.2) is 0 Å². The first-order valence-corrected chi connectivity index (χ1v) is 26.6. The van der Waals surface area contributed by atoms with E-state index in [9.17, 15) is 14.4 Å². The van der Waals surface area contributed by atoms with Crippen LogP contribution in [0.5, 0.6) is 0 Å². The lowest BCUT2D eigenvalue weighted by Gasteiger charge is -2.22. The zero-order chi connectivity index (χ0) is 45.6. The lowest BCUT2D eigenvalue weighted by molar-refractivity contribution is -0.150. The van der Waals surface area contributed by atoms with Crippen LogP contribution in [0.3, 0.4) is 0 Å². The van der Waals surface area contributed by atoms with Gasteiger partial charge in [0, 0.05) is 25.9 Å². The summed E-state index contributed by atoms with van der Waals surface area (Å²) in [5.74, 6) is -0.293. The van der Waals surface area contributed by atoms with Gasteiger partial charge in [0.25, 0.3) is 0 Å². The maximum absolute atomic E-state index is 13.5. The molecule has 1 aliphatic rings. The second-order valence-corrected chi connectivity index (χ2v) is 19.1. The van der Waals surface area contributed by atoms with Crippen molar-refractivity contribution in [3.05, 3.63) is 11.9 Å². The number of rotatable bonds is 43. The van der Waals surface area contributed by atoms with Crippen molar-refractivity contribution in [3.8, 4) is 0 Å². The smallest absolute Gasteiger partial charge is 0.323 e. The molecule has 1 aliphatic heterocycles. The first-order chi connectivity index (χ1) is 30.8. The van der Waals surface area contributed by atoms with E-state index in [1.807, 2.05) is 25.0 Å². The molecule has 0 saturated carbocycles. The standard InChI is InChI=1S/C52H97N5O6/c1-6-9-12-15-18-19-20-25-33-40-61-50(58)37-31-27-32-39-56-45-47(57-44-46(53-54-57)43-55(4)5)42-49(56)52(60)62-41-34-26-21-24-30-38-51(59)63-48(35-28-22-16-13-10-7-2)36-29-23-17-14-11-8-3/h44,47-49H,6-43,45H2,1-5H3/t47-,49-/m0/s1. The Morgan fingerprint density at radius 1 is 0.619 bits per heavy atom. The minimum atomic E-state index is -0.324. The summed E-state index contributed by atoms with van der Waals surface area (Å²) in [7, 11) is 4.03. The van der Waals surface area contributed by atoms with Gasteiger partial charge >= 0.3 is 17.9 Å². The number of carbonyl (C=O) groups is 3. The fourth-order valence-corrected chi connectivity index (χ4v) is 8.87. The van der Waals surface area contributed by atoms with Crippen molar-refractivity contribution in [2.24, 2.45) is 0 Å². The molecule has 1 aromatic rings. The summed E-state index contributed by atoms with van der Waals surface area (Å²) in [6, 6.07) is -0.273. The van der Waals surface area contributed by atoms with E-state index >= 15 is 0 Å². The fraction of sp³-hybridized carbons (Fsp3) is 0.904. The zero-order valence-corrected chi connectivity index (χ0v) is 41.6. The Kier molecular flexibility index (Phi) is 34.8. The van der Waals surface area contributed by atoms with Gasteiger partial charge < -0.3 is 19.1 Å². The van der Waals surface area contributed by atoms with Crippen LogP contribution in [0.4, 0.5) is 0 Å². The highest BCUT2D eigenvalue weighted by Crippen LogP contribution is 2.29. The van der Waals surface area contributed by atoms with Gasteiger partial charge in [-0.15, -0.1) is 5.10 Å². The third-order valence-electron chi connectivity index (χ3n) is 12.7. The molecule has 0 aliphatic carbocycles. The predicted molar refractivity (Wildman–Crippen MR) is 258 cm³/mol. The van der Waals surface area contributed by atoms with E-state index in [1.165, 1.54) is 109 Å². The maximum Gasteiger partial charge on any atom is 0.323 e. The summed E-state index contributed by atoms with van der Waals surface area (Å²) >= 11 is 0. The van der Waals surface area contributed by atoms with Crippen LogP contribution in [-0.4, -0.2) is 95.2 Å². The van der Waals surface area contributed by atoms with E-state index in [1.54, 1.807) is 0 Å². The second-order valence-electron chi connectivity index (χ2n) is 19.1. The number of hydrogen-bond donors (Lipinski definition) is 0. The van der Waals surface area contributed by atoms with Crippen molar-refractivity contribution in [2.75, 3.05) is 40.4 Å². The number of aromatic nitrogens is 3. The molecule has 0 bridgehead atoms. The maximum atomic E-state index is 13.5. The van der Waals surface area contributed by atoms with Gasteiger partial charge in [-0.2, -0.15) is 0 Å². The number of carbonyl (C=O) groups excluding carboxylic acids is 3. The highest BCUT2D eigenvalue weighted by Gasteiger charge is 2.39. The van der Waals surface area contributed by atoms with E-state index < -0.39 is 0 Å². The van der Waals surface area contributed by atoms with Gasteiger partial charge in [-0.3, -0.25) is 19.3 Å². The summed E-state index contributed by atoms with van der Waals surface area (Å²) in [5.41, 5.74) is 0.912. The topological polar surface area (TPSA) is 116 Å². The van der Waals surface area contributed by atoms with E-state index in [0.29, 0.717) is 45.6 Å². The molecular weight excluding hydrogens is 791 g/mol. The zero-order valence-electron chi connectivity index (χ0n) is 41.6. The van der Waals surface area contributed by atoms with Crippen molar-refractivity contribution in [1.82, 2.24) is 24.8 Å². The van der Waals surface area contributed by atoms with Gasteiger partial charge in [-0.1, -0.05) is 167 Å². The van der Waals surface area contributed by atoms with Gasteiger partial charge in [0.1, 0.15) is 12.1 Å². The average Bonchev–Trinajstić information content (AvgIpc) is 3.91. The van der Waals surface area contributed by atoms with Crippen molar-refractivity contribution >= 4 is 17.9 Å². The fourth-order valence-electron chi connectivity index (χ4n) is 8.87. The Hall–Kier alpha value is -2.53. The summed E-state index contributed by atoms with van der Waals surface area (Å²) in [6.07, 6.45) is 39.2. The first kappa shape index (κ1) is 56.6. The monoisotopic (exact) mass is 888 g/mol.